The summed E-state index contributed by atoms with van der Waals surface area (Å²) in [6, 6.07) is 7.26. The van der Waals surface area contributed by atoms with Crippen molar-refractivity contribution in [2.75, 3.05) is 0 Å². The smallest absolute Gasteiger partial charge is 0.194 e. The molecular weight excluding hydrogens is 272 g/mol. The third kappa shape index (κ3) is 1.45. The number of thiocarbonyl (C=S) groups is 1. The quantitative estimate of drug-likeness (QED) is 0.692. The van der Waals surface area contributed by atoms with Crippen molar-refractivity contribution in [3.63, 3.8) is 0 Å². The van der Waals surface area contributed by atoms with E-state index in [0.717, 1.165) is 17.0 Å². The summed E-state index contributed by atoms with van der Waals surface area (Å²) in [7, 11) is 0. The molecule has 5 nitrogen and oxygen atoms in total. The fourth-order valence-electron chi connectivity index (χ4n) is 2.72. The SMILES string of the molecule is O=C1C2=C(NC(=S)NC2c2cnc[nH]2)c2ccccc21. The molecule has 0 bridgehead atoms. The molecule has 2 aromatic rings. The van der Waals surface area contributed by atoms with Crippen molar-refractivity contribution in [2.24, 2.45) is 0 Å². The Bertz CT molecular complexity index is 763. The number of hydrogen-bond donors (Lipinski definition) is 3. The predicted octanol–water partition coefficient (Wildman–Crippen LogP) is 1.54. The Morgan fingerprint density at radius 1 is 1.20 bits per heavy atom. The number of fused-ring (bicyclic) bond motifs is 2. The second-order valence-electron chi connectivity index (χ2n) is 4.70. The van der Waals surface area contributed by atoms with Crippen molar-refractivity contribution >= 4 is 28.8 Å². The summed E-state index contributed by atoms with van der Waals surface area (Å²) in [4.78, 5) is 19.7. The first-order valence-electron chi connectivity index (χ1n) is 6.20. The number of carbonyl (C=O) groups excluding carboxylic acids is 1. The molecule has 20 heavy (non-hydrogen) atoms. The van der Waals surface area contributed by atoms with Crippen molar-refractivity contribution in [1.29, 1.82) is 0 Å². The van der Waals surface area contributed by atoms with Gasteiger partial charge in [-0.3, -0.25) is 4.79 Å². The Labute approximate surface area is 120 Å². The summed E-state index contributed by atoms with van der Waals surface area (Å²) in [5, 5.41) is 6.73. The Hall–Kier alpha value is -2.47. The average molecular weight is 282 g/mol. The first kappa shape index (κ1) is 11.4. The number of nitrogens with one attached hydrogen (secondary N) is 3. The minimum atomic E-state index is -0.291. The number of Topliss-reactive ketones (excluding diaryl/α,β-unsaturated/α-hetero) is 1. The molecule has 0 radical (unpaired) electrons. The summed E-state index contributed by atoms with van der Waals surface area (Å²) >= 11 is 5.25. The molecule has 98 valence electrons. The highest BCUT2D eigenvalue weighted by Crippen LogP contribution is 2.39. The van der Waals surface area contributed by atoms with E-state index >= 15 is 0 Å². The number of ketones is 1. The molecule has 4 rings (SSSR count). The average Bonchev–Trinajstić information content (AvgIpc) is 3.07. The van der Waals surface area contributed by atoms with Crippen LogP contribution < -0.4 is 10.6 Å². The molecule has 1 aromatic carbocycles. The van der Waals surface area contributed by atoms with E-state index in [9.17, 15) is 4.79 Å². The fraction of sp³-hybridized carbons (Fsp3) is 0.0714. The molecule has 1 unspecified atom stereocenters. The monoisotopic (exact) mass is 282 g/mol. The zero-order valence-corrected chi connectivity index (χ0v) is 11.1. The van der Waals surface area contributed by atoms with Gasteiger partial charge < -0.3 is 15.6 Å². The number of aromatic amines is 1. The molecule has 1 atom stereocenters. The van der Waals surface area contributed by atoms with Gasteiger partial charge in [0.1, 0.15) is 6.04 Å². The maximum absolute atomic E-state index is 12.6. The van der Waals surface area contributed by atoms with Crippen molar-refractivity contribution in [1.82, 2.24) is 20.6 Å². The molecular formula is C14H10N4OS. The molecule has 6 heteroatoms. The maximum atomic E-state index is 12.6. The third-order valence-corrected chi connectivity index (χ3v) is 3.81. The minimum absolute atomic E-state index is 0.0256. The Kier molecular flexibility index (Phi) is 2.28. The van der Waals surface area contributed by atoms with Gasteiger partial charge in [-0.15, -0.1) is 0 Å². The Morgan fingerprint density at radius 2 is 2.00 bits per heavy atom. The summed E-state index contributed by atoms with van der Waals surface area (Å²) in [6.45, 7) is 0. The number of carbonyl (C=O) groups is 1. The van der Waals surface area contributed by atoms with Gasteiger partial charge in [0.2, 0.25) is 0 Å². The highest BCUT2D eigenvalue weighted by Gasteiger charge is 2.39. The van der Waals surface area contributed by atoms with Crippen LogP contribution in [0.25, 0.3) is 5.70 Å². The first-order chi connectivity index (χ1) is 9.75. The predicted molar refractivity (Wildman–Crippen MR) is 77.9 cm³/mol. The van der Waals surface area contributed by atoms with Crippen LogP contribution >= 0.6 is 12.2 Å². The van der Waals surface area contributed by atoms with Gasteiger partial charge in [0.15, 0.2) is 10.9 Å². The van der Waals surface area contributed by atoms with Crippen molar-refractivity contribution < 1.29 is 4.79 Å². The summed E-state index contributed by atoms with van der Waals surface area (Å²) in [5.74, 6) is 0.0256. The zero-order chi connectivity index (χ0) is 13.7. The first-order valence-corrected chi connectivity index (χ1v) is 6.60. The van der Waals surface area contributed by atoms with Crippen LogP contribution in [0, 0.1) is 0 Å². The number of benzene rings is 1. The lowest BCUT2D eigenvalue weighted by atomic mass is 9.99. The van der Waals surface area contributed by atoms with Crippen LogP contribution in [0.5, 0.6) is 0 Å². The minimum Gasteiger partial charge on any atom is -0.350 e. The summed E-state index contributed by atoms with van der Waals surface area (Å²) in [6.07, 6.45) is 3.29. The van der Waals surface area contributed by atoms with Gasteiger partial charge in [-0.2, -0.15) is 0 Å². The number of H-pyrrole nitrogens is 1. The van der Waals surface area contributed by atoms with Crippen molar-refractivity contribution in [3.05, 3.63) is 59.2 Å². The van der Waals surface area contributed by atoms with E-state index < -0.39 is 0 Å². The molecule has 0 saturated carbocycles. The standard InChI is InChI=1S/C14H10N4OS/c19-13-8-4-2-1-3-7(8)11-10(13)12(18-14(20)17-11)9-5-15-6-16-9/h1-6,12H,(H,15,16)(H2,17,18,20). The molecule has 0 amide bonds. The molecule has 0 spiro atoms. The van der Waals surface area contributed by atoms with Crippen LogP contribution in [0.4, 0.5) is 0 Å². The van der Waals surface area contributed by atoms with Crippen LogP contribution in [0.15, 0.2) is 42.4 Å². The number of imidazole rings is 1. The highest BCUT2D eigenvalue weighted by molar-refractivity contribution is 7.80. The lowest BCUT2D eigenvalue weighted by Crippen LogP contribution is -2.43. The third-order valence-electron chi connectivity index (χ3n) is 3.59. The lowest BCUT2D eigenvalue weighted by Gasteiger charge is -2.27. The molecule has 1 aliphatic heterocycles. The van der Waals surface area contributed by atoms with Gasteiger partial charge >= 0.3 is 0 Å². The van der Waals surface area contributed by atoms with Gasteiger partial charge in [-0.25, -0.2) is 4.98 Å². The van der Waals surface area contributed by atoms with Gasteiger partial charge in [0.05, 0.1) is 29.5 Å². The Balaban J connectivity index is 1.92. The van der Waals surface area contributed by atoms with E-state index in [0.29, 0.717) is 16.2 Å². The van der Waals surface area contributed by atoms with Crippen LogP contribution in [-0.2, 0) is 0 Å². The van der Waals surface area contributed by atoms with Crippen LogP contribution in [0.2, 0.25) is 0 Å². The Morgan fingerprint density at radius 3 is 2.75 bits per heavy atom. The lowest BCUT2D eigenvalue weighted by molar-refractivity contribution is 0.103. The van der Waals surface area contributed by atoms with E-state index in [4.69, 9.17) is 12.2 Å². The number of nitrogens with zero attached hydrogens (tertiary/aromatic N) is 1. The van der Waals surface area contributed by atoms with Crippen LogP contribution in [0.1, 0.15) is 27.7 Å². The summed E-state index contributed by atoms with van der Waals surface area (Å²) in [5.41, 5.74) is 3.92. The van der Waals surface area contributed by atoms with Crippen LogP contribution in [-0.4, -0.2) is 20.9 Å². The van der Waals surface area contributed by atoms with E-state index in [1.54, 1.807) is 12.5 Å². The van der Waals surface area contributed by atoms with E-state index in [-0.39, 0.29) is 11.8 Å². The molecule has 0 fully saturated rings. The van der Waals surface area contributed by atoms with Gasteiger partial charge in [0, 0.05) is 11.1 Å². The largest absolute Gasteiger partial charge is 0.350 e. The maximum Gasteiger partial charge on any atom is 0.194 e. The van der Waals surface area contributed by atoms with E-state index in [1.165, 1.54) is 0 Å². The van der Waals surface area contributed by atoms with Crippen molar-refractivity contribution in [2.45, 2.75) is 6.04 Å². The van der Waals surface area contributed by atoms with Gasteiger partial charge in [-0.1, -0.05) is 24.3 Å². The van der Waals surface area contributed by atoms with Crippen molar-refractivity contribution in [3.8, 4) is 0 Å². The molecule has 1 aliphatic carbocycles. The van der Waals surface area contributed by atoms with Gasteiger partial charge in [0.25, 0.3) is 0 Å². The van der Waals surface area contributed by atoms with E-state index in [1.807, 2.05) is 24.3 Å². The van der Waals surface area contributed by atoms with Crippen LogP contribution in [0.3, 0.4) is 0 Å². The number of rotatable bonds is 1. The second kappa shape index (κ2) is 4.01. The van der Waals surface area contributed by atoms with Gasteiger partial charge in [-0.05, 0) is 12.2 Å². The molecule has 2 aliphatic rings. The number of hydrogen-bond acceptors (Lipinski definition) is 3. The molecule has 1 aromatic heterocycles. The molecule has 2 heterocycles. The normalized spacial score (nSPS) is 20.3. The second-order valence-corrected chi connectivity index (χ2v) is 5.11. The summed E-state index contributed by atoms with van der Waals surface area (Å²) < 4.78 is 0. The number of aromatic nitrogens is 2. The molecule has 0 saturated heterocycles. The zero-order valence-electron chi connectivity index (χ0n) is 10.3. The highest BCUT2D eigenvalue weighted by atomic mass is 32.1. The van der Waals surface area contributed by atoms with E-state index in [2.05, 4.69) is 20.6 Å². The topological polar surface area (TPSA) is 69.8 Å². The molecule has 3 N–H and O–H groups in total. The fourth-order valence-corrected chi connectivity index (χ4v) is 2.94.